The summed E-state index contributed by atoms with van der Waals surface area (Å²) in [7, 11) is 4.51. The zero-order valence-electron chi connectivity index (χ0n) is 12.2. The van der Waals surface area contributed by atoms with Crippen molar-refractivity contribution >= 4 is 17.5 Å². The summed E-state index contributed by atoms with van der Waals surface area (Å²) in [5, 5.41) is 2.81. The van der Waals surface area contributed by atoms with Crippen LogP contribution in [-0.2, 0) is 0 Å². The highest BCUT2D eigenvalue weighted by molar-refractivity contribution is 6.18. The average Bonchev–Trinajstić information content (AvgIpc) is 2.50. The molecule has 1 aromatic carbocycles. The first-order chi connectivity index (χ1) is 9.58. The summed E-state index contributed by atoms with van der Waals surface area (Å²) in [6.07, 6.45) is 0. The van der Waals surface area contributed by atoms with Crippen LogP contribution in [0.15, 0.2) is 12.1 Å². The van der Waals surface area contributed by atoms with Crippen LogP contribution >= 0.6 is 11.6 Å². The topological polar surface area (TPSA) is 56.8 Å². The Hall–Kier alpha value is -1.62. The smallest absolute Gasteiger partial charge is 0.255 e. The van der Waals surface area contributed by atoms with Crippen LogP contribution in [0.4, 0.5) is 0 Å². The molecule has 0 aliphatic heterocycles. The fourth-order valence-electron chi connectivity index (χ4n) is 1.70. The monoisotopic (exact) mass is 301 g/mol. The Morgan fingerprint density at radius 2 is 1.85 bits per heavy atom. The fourth-order valence-corrected chi connectivity index (χ4v) is 1.81. The van der Waals surface area contributed by atoms with Crippen molar-refractivity contribution in [2.75, 3.05) is 33.8 Å². The van der Waals surface area contributed by atoms with Gasteiger partial charge in [-0.3, -0.25) is 4.79 Å². The third-order valence-electron chi connectivity index (χ3n) is 2.82. The molecule has 1 atom stereocenters. The van der Waals surface area contributed by atoms with Crippen LogP contribution in [0.5, 0.6) is 17.2 Å². The van der Waals surface area contributed by atoms with E-state index < -0.39 is 0 Å². The van der Waals surface area contributed by atoms with Crippen molar-refractivity contribution in [2.45, 2.75) is 6.92 Å². The Bertz CT molecular complexity index is 465. The van der Waals surface area contributed by atoms with E-state index in [1.807, 2.05) is 6.92 Å². The highest BCUT2D eigenvalue weighted by atomic mass is 35.5. The summed E-state index contributed by atoms with van der Waals surface area (Å²) in [6.45, 7) is 2.46. The molecule has 0 saturated heterocycles. The minimum atomic E-state index is -0.236. The molecule has 0 fully saturated rings. The van der Waals surface area contributed by atoms with Crippen molar-refractivity contribution in [2.24, 2.45) is 5.92 Å². The summed E-state index contributed by atoms with van der Waals surface area (Å²) < 4.78 is 15.7. The number of halogens is 1. The van der Waals surface area contributed by atoms with E-state index in [2.05, 4.69) is 5.32 Å². The lowest BCUT2D eigenvalue weighted by Crippen LogP contribution is -2.29. The van der Waals surface area contributed by atoms with Gasteiger partial charge in [0.05, 0.1) is 26.9 Å². The third kappa shape index (κ3) is 3.70. The predicted molar refractivity (Wildman–Crippen MR) is 78.3 cm³/mol. The van der Waals surface area contributed by atoms with Crippen molar-refractivity contribution < 1.29 is 19.0 Å². The molecule has 0 aliphatic carbocycles. The third-order valence-corrected chi connectivity index (χ3v) is 3.35. The maximum atomic E-state index is 12.2. The van der Waals surface area contributed by atoms with Gasteiger partial charge in [0, 0.05) is 12.4 Å². The van der Waals surface area contributed by atoms with Crippen molar-refractivity contribution in [3.63, 3.8) is 0 Å². The zero-order chi connectivity index (χ0) is 15.1. The molecule has 20 heavy (non-hydrogen) atoms. The molecule has 0 aliphatic rings. The molecule has 1 aromatic rings. The predicted octanol–water partition coefficient (Wildman–Crippen LogP) is 2.32. The molecule has 1 rings (SSSR count). The van der Waals surface area contributed by atoms with Crippen LogP contribution < -0.4 is 19.5 Å². The van der Waals surface area contributed by atoms with E-state index in [1.54, 1.807) is 12.1 Å². The molecule has 0 aromatic heterocycles. The number of carbonyl (C=O) groups excluding carboxylic acids is 1. The molecule has 0 bridgehead atoms. The van der Waals surface area contributed by atoms with Crippen LogP contribution in [0.3, 0.4) is 0 Å². The first kappa shape index (κ1) is 16.4. The van der Waals surface area contributed by atoms with Gasteiger partial charge in [0.1, 0.15) is 0 Å². The number of nitrogens with one attached hydrogen (secondary N) is 1. The van der Waals surface area contributed by atoms with E-state index in [-0.39, 0.29) is 11.8 Å². The number of ether oxygens (including phenoxy) is 3. The molecule has 6 heteroatoms. The van der Waals surface area contributed by atoms with E-state index >= 15 is 0 Å². The zero-order valence-corrected chi connectivity index (χ0v) is 12.9. The number of hydrogen-bond acceptors (Lipinski definition) is 4. The van der Waals surface area contributed by atoms with E-state index in [1.165, 1.54) is 21.3 Å². The number of rotatable bonds is 7. The summed E-state index contributed by atoms with van der Waals surface area (Å²) in [5.41, 5.74) is 0.395. The van der Waals surface area contributed by atoms with Crippen molar-refractivity contribution in [3.8, 4) is 17.2 Å². The second kappa shape index (κ2) is 7.85. The standard InChI is InChI=1S/C14H20ClNO4/c1-9(7-15)8-16-14(17)10-5-6-11(18-2)13(20-4)12(10)19-3/h5-6,9H,7-8H2,1-4H3,(H,16,17). The molecule has 1 N–H and O–H groups in total. The van der Waals surface area contributed by atoms with Gasteiger partial charge < -0.3 is 19.5 Å². The maximum absolute atomic E-state index is 12.2. The minimum Gasteiger partial charge on any atom is -0.493 e. The van der Waals surface area contributed by atoms with Crippen LogP contribution in [0.1, 0.15) is 17.3 Å². The van der Waals surface area contributed by atoms with Gasteiger partial charge in [0.2, 0.25) is 5.75 Å². The Balaban J connectivity index is 3.02. The first-order valence-corrected chi connectivity index (χ1v) is 6.75. The van der Waals surface area contributed by atoms with E-state index in [0.29, 0.717) is 35.2 Å². The highest BCUT2D eigenvalue weighted by Crippen LogP contribution is 2.39. The number of hydrogen-bond donors (Lipinski definition) is 1. The lowest BCUT2D eigenvalue weighted by Gasteiger charge is -2.16. The van der Waals surface area contributed by atoms with Gasteiger partial charge in [-0.05, 0) is 18.1 Å². The molecule has 0 saturated carbocycles. The number of carbonyl (C=O) groups is 1. The van der Waals surface area contributed by atoms with Gasteiger partial charge in [0.25, 0.3) is 5.91 Å². The van der Waals surface area contributed by atoms with Crippen LogP contribution in [0, 0.1) is 5.92 Å². The van der Waals surface area contributed by atoms with E-state index in [0.717, 1.165) is 0 Å². The van der Waals surface area contributed by atoms with Crippen LogP contribution in [0.2, 0.25) is 0 Å². The molecule has 0 radical (unpaired) electrons. The Labute approximate surface area is 124 Å². The second-order valence-electron chi connectivity index (χ2n) is 4.35. The summed E-state index contributed by atoms with van der Waals surface area (Å²) in [6, 6.07) is 3.31. The molecule has 1 unspecified atom stereocenters. The lowest BCUT2D eigenvalue weighted by atomic mass is 10.1. The van der Waals surface area contributed by atoms with Gasteiger partial charge in [-0.1, -0.05) is 6.92 Å². The van der Waals surface area contributed by atoms with Crippen LogP contribution in [0.25, 0.3) is 0 Å². The molecule has 0 heterocycles. The Morgan fingerprint density at radius 3 is 2.35 bits per heavy atom. The molecule has 112 valence electrons. The average molecular weight is 302 g/mol. The largest absolute Gasteiger partial charge is 0.493 e. The van der Waals surface area contributed by atoms with Gasteiger partial charge >= 0.3 is 0 Å². The number of alkyl halides is 1. The number of methoxy groups -OCH3 is 3. The SMILES string of the molecule is COc1ccc(C(=O)NCC(C)CCl)c(OC)c1OC. The summed E-state index contributed by atoms with van der Waals surface area (Å²) in [5.74, 6) is 1.71. The second-order valence-corrected chi connectivity index (χ2v) is 4.66. The lowest BCUT2D eigenvalue weighted by molar-refractivity contribution is 0.0945. The molecular weight excluding hydrogens is 282 g/mol. The Kier molecular flexibility index (Phi) is 6.45. The van der Waals surface area contributed by atoms with Crippen molar-refractivity contribution in [1.29, 1.82) is 0 Å². The number of benzene rings is 1. The van der Waals surface area contributed by atoms with Gasteiger partial charge in [0.15, 0.2) is 11.5 Å². The molecule has 5 nitrogen and oxygen atoms in total. The van der Waals surface area contributed by atoms with Crippen LogP contribution in [-0.4, -0.2) is 39.7 Å². The van der Waals surface area contributed by atoms with E-state index in [4.69, 9.17) is 25.8 Å². The summed E-state index contributed by atoms with van der Waals surface area (Å²) >= 11 is 5.71. The van der Waals surface area contributed by atoms with Crippen molar-refractivity contribution in [1.82, 2.24) is 5.32 Å². The van der Waals surface area contributed by atoms with Gasteiger partial charge in [-0.15, -0.1) is 11.6 Å². The normalized spacial score (nSPS) is 11.7. The van der Waals surface area contributed by atoms with Crippen molar-refractivity contribution in [3.05, 3.63) is 17.7 Å². The maximum Gasteiger partial charge on any atom is 0.255 e. The van der Waals surface area contributed by atoms with E-state index in [9.17, 15) is 4.79 Å². The quantitative estimate of drug-likeness (QED) is 0.785. The molecule has 1 amide bonds. The van der Waals surface area contributed by atoms with Gasteiger partial charge in [-0.25, -0.2) is 0 Å². The Morgan fingerprint density at radius 1 is 1.20 bits per heavy atom. The minimum absolute atomic E-state index is 0.201. The number of amides is 1. The fraction of sp³-hybridized carbons (Fsp3) is 0.500. The summed E-state index contributed by atoms with van der Waals surface area (Å²) in [4.78, 5) is 12.2. The highest BCUT2D eigenvalue weighted by Gasteiger charge is 2.20. The first-order valence-electron chi connectivity index (χ1n) is 6.22. The van der Waals surface area contributed by atoms with Gasteiger partial charge in [-0.2, -0.15) is 0 Å². The molecule has 0 spiro atoms. The molecular formula is C14H20ClNO4.